The van der Waals surface area contributed by atoms with Gasteiger partial charge >= 0.3 is 37.7 Å². The first-order valence-corrected chi connectivity index (χ1v) is 10.1. The third kappa shape index (κ3) is 6.89. The van der Waals surface area contributed by atoms with Gasteiger partial charge in [-0.05, 0) is 50.3 Å². The van der Waals surface area contributed by atoms with E-state index in [4.69, 9.17) is 4.65 Å². The summed E-state index contributed by atoms with van der Waals surface area (Å²) >= 11 is 0. The zero-order valence-corrected chi connectivity index (χ0v) is 19.4. The van der Waals surface area contributed by atoms with Crippen LogP contribution in [0.4, 0.5) is 0 Å². The Morgan fingerprint density at radius 1 is 0.645 bits per heavy atom. The Bertz CT molecular complexity index is 800. The molecule has 0 aromatic heterocycles. The number of rotatable bonds is 8. The van der Waals surface area contributed by atoms with Crippen molar-refractivity contribution in [1.82, 2.24) is 0 Å². The van der Waals surface area contributed by atoms with Crippen LogP contribution < -0.4 is 47.8 Å². The molecule has 0 saturated heterocycles. The van der Waals surface area contributed by atoms with Crippen molar-refractivity contribution in [2.24, 2.45) is 0 Å². The first-order chi connectivity index (χ1) is 13.9. The van der Waals surface area contributed by atoms with Crippen LogP contribution in [0, 0.1) is 20.8 Å². The average molecular weight is 400 g/mol. The molecule has 0 saturated carbocycles. The zero-order chi connectivity index (χ0) is 20.9. The van der Waals surface area contributed by atoms with E-state index >= 15 is 0 Å². The van der Waals surface area contributed by atoms with Gasteiger partial charge in [-0.2, -0.15) is 0 Å². The molecule has 0 atom stereocenters. The Hall–Kier alpha value is -1.20. The normalized spacial score (nSPS) is 10.7. The average Bonchev–Trinajstić information content (AvgIpc) is 2.71. The molecular weight excluding hydrogens is 373 g/mol. The molecule has 0 bridgehead atoms. The molecule has 0 unspecified atom stereocenters. The van der Waals surface area contributed by atoms with Gasteiger partial charge in [0.15, 0.2) is 0 Å². The molecule has 0 N–H and O–H groups in total. The number of hydrogen-bond acceptors (Lipinski definition) is 3. The fraction of sp³-hybridized carbons (Fsp3) is 0.280. The Morgan fingerprint density at radius 3 is 1.26 bits per heavy atom. The minimum Gasteiger partial charge on any atom is -0.871 e. The van der Waals surface area contributed by atoms with Gasteiger partial charge in [-0.1, -0.05) is 89.5 Å². The maximum absolute atomic E-state index is 10.8. The Morgan fingerprint density at radius 2 is 0.968 bits per heavy atom. The molecule has 3 nitrogen and oxygen atoms in total. The third-order valence-corrected chi connectivity index (χ3v) is 5.58. The SMILES string of the molecule is Cc1ccc(C(CCCOB([O-])[O-])(c2ccc(C)cc2)c2ccc(C)cc2)cc1.[Li+].[Li+]. The van der Waals surface area contributed by atoms with Gasteiger partial charge in [0, 0.05) is 12.0 Å². The molecule has 0 aliphatic rings. The molecule has 0 aliphatic carbocycles. The molecular formula is C25H27BLi2O3. The summed E-state index contributed by atoms with van der Waals surface area (Å²) in [7, 11) is -2.23. The van der Waals surface area contributed by atoms with E-state index in [-0.39, 0.29) is 49.7 Å². The Labute approximate surface area is 210 Å². The Kier molecular flexibility index (Phi) is 11.4. The topological polar surface area (TPSA) is 55.3 Å². The zero-order valence-electron chi connectivity index (χ0n) is 19.4. The molecule has 0 fully saturated rings. The van der Waals surface area contributed by atoms with E-state index in [1.807, 2.05) is 0 Å². The molecule has 0 heterocycles. The summed E-state index contributed by atoms with van der Waals surface area (Å²) in [5, 5.41) is 21.6. The van der Waals surface area contributed by atoms with E-state index in [1.54, 1.807) is 0 Å². The van der Waals surface area contributed by atoms with Gasteiger partial charge in [-0.25, -0.2) is 0 Å². The van der Waals surface area contributed by atoms with Crippen LogP contribution in [-0.2, 0) is 10.1 Å². The maximum Gasteiger partial charge on any atom is 1.00 e. The predicted molar refractivity (Wildman–Crippen MR) is 114 cm³/mol. The van der Waals surface area contributed by atoms with E-state index in [9.17, 15) is 10.0 Å². The van der Waals surface area contributed by atoms with Crippen molar-refractivity contribution in [2.75, 3.05) is 6.61 Å². The van der Waals surface area contributed by atoms with E-state index in [2.05, 4.69) is 93.6 Å². The summed E-state index contributed by atoms with van der Waals surface area (Å²) < 4.78 is 4.79. The molecule has 150 valence electrons. The van der Waals surface area contributed by atoms with E-state index in [1.165, 1.54) is 33.4 Å². The molecule has 0 amide bonds. The van der Waals surface area contributed by atoms with Gasteiger partial charge in [-0.3, -0.25) is 0 Å². The standard InChI is InChI=1S/C25H27BO3.2Li/c1-19-5-11-22(12-6-19)25(17-4-18-29-26(27)28,23-13-7-20(2)8-14-23)24-15-9-21(3)10-16-24;;/h5-16H,4,17-18H2,1-3H3;;/q-2;2*+1. The molecule has 6 heteroatoms. The van der Waals surface area contributed by atoms with E-state index in [0.29, 0.717) is 6.42 Å². The second kappa shape index (κ2) is 12.7. The van der Waals surface area contributed by atoms with Crippen molar-refractivity contribution in [2.45, 2.75) is 39.0 Å². The van der Waals surface area contributed by atoms with Gasteiger partial charge in [0.25, 0.3) is 0 Å². The number of aryl methyl sites for hydroxylation is 3. The van der Waals surface area contributed by atoms with Crippen LogP contribution in [0.15, 0.2) is 72.8 Å². The summed E-state index contributed by atoms with van der Waals surface area (Å²) in [5.74, 6) is 0. The van der Waals surface area contributed by atoms with Crippen molar-refractivity contribution < 1.29 is 52.4 Å². The van der Waals surface area contributed by atoms with Crippen LogP contribution in [0.1, 0.15) is 46.2 Å². The van der Waals surface area contributed by atoms with Gasteiger partial charge in [0.05, 0.1) is 7.32 Å². The minimum atomic E-state index is -2.23. The first kappa shape index (κ1) is 27.8. The second-order valence-electron chi connectivity index (χ2n) is 7.77. The summed E-state index contributed by atoms with van der Waals surface area (Å²) in [6.07, 6.45) is 1.34. The molecule has 3 rings (SSSR count). The van der Waals surface area contributed by atoms with Crippen LogP contribution in [0.3, 0.4) is 0 Å². The van der Waals surface area contributed by atoms with Crippen LogP contribution in [0.5, 0.6) is 0 Å². The summed E-state index contributed by atoms with van der Waals surface area (Å²) in [6.45, 7) is 6.40. The van der Waals surface area contributed by atoms with E-state index in [0.717, 1.165) is 6.42 Å². The van der Waals surface area contributed by atoms with Crippen LogP contribution in [0.2, 0.25) is 0 Å². The third-order valence-electron chi connectivity index (χ3n) is 5.58. The molecule has 0 radical (unpaired) electrons. The summed E-state index contributed by atoms with van der Waals surface area (Å²) in [6, 6.07) is 25.9. The van der Waals surface area contributed by atoms with Crippen LogP contribution >= 0.6 is 0 Å². The minimum absolute atomic E-state index is 0. The Balaban J connectivity index is 0.00000240. The molecule has 0 spiro atoms. The maximum atomic E-state index is 10.8. The number of benzene rings is 3. The second-order valence-corrected chi connectivity index (χ2v) is 7.77. The van der Waals surface area contributed by atoms with Gasteiger partial charge in [0.1, 0.15) is 0 Å². The van der Waals surface area contributed by atoms with Gasteiger partial charge in [0.2, 0.25) is 0 Å². The van der Waals surface area contributed by atoms with Crippen LogP contribution in [0.25, 0.3) is 0 Å². The molecule has 31 heavy (non-hydrogen) atoms. The fourth-order valence-electron chi connectivity index (χ4n) is 3.96. The largest absolute Gasteiger partial charge is 1.00 e. The quantitative estimate of drug-likeness (QED) is 0.238. The summed E-state index contributed by atoms with van der Waals surface area (Å²) in [5.41, 5.74) is 6.81. The summed E-state index contributed by atoms with van der Waals surface area (Å²) in [4.78, 5) is 0. The molecule has 0 aliphatic heterocycles. The van der Waals surface area contributed by atoms with E-state index < -0.39 is 7.32 Å². The van der Waals surface area contributed by atoms with Crippen molar-refractivity contribution in [3.8, 4) is 0 Å². The van der Waals surface area contributed by atoms with Crippen molar-refractivity contribution in [1.29, 1.82) is 0 Å². The first-order valence-electron chi connectivity index (χ1n) is 10.1. The van der Waals surface area contributed by atoms with Crippen LogP contribution in [-0.4, -0.2) is 13.9 Å². The number of hydrogen-bond donors (Lipinski definition) is 0. The van der Waals surface area contributed by atoms with Gasteiger partial charge < -0.3 is 14.7 Å². The van der Waals surface area contributed by atoms with Crippen molar-refractivity contribution >= 4 is 7.32 Å². The van der Waals surface area contributed by atoms with Crippen molar-refractivity contribution in [3.05, 3.63) is 106 Å². The smallest absolute Gasteiger partial charge is 0.871 e. The molecule has 3 aromatic carbocycles. The van der Waals surface area contributed by atoms with Crippen molar-refractivity contribution in [3.63, 3.8) is 0 Å². The van der Waals surface area contributed by atoms with Gasteiger partial charge in [-0.15, -0.1) is 0 Å². The predicted octanol–water partition coefficient (Wildman–Crippen LogP) is -2.54. The fourth-order valence-corrected chi connectivity index (χ4v) is 3.96. The molecule has 3 aromatic rings. The monoisotopic (exact) mass is 400 g/mol.